The van der Waals surface area contributed by atoms with E-state index in [9.17, 15) is 14.7 Å². The molecule has 188 valence electrons. The SMILES string of the molecule is CC(=O)CC(C)(C)COc1noc(C(=O)N[C@H]2C3CC4CC2C[C@](O)(C4)C3)c1SC1CCCC1. The highest BCUT2D eigenvalue weighted by Gasteiger charge is 2.55. The van der Waals surface area contributed by atoms with Crippen molar-refractivity contribution in [3.05, 3.63) is 5.76 Å². The van der Waals surface area contributed by atoms with Gasteiger partial charge in [0.15, 0.2) is 0 Å². The highest BCUT2D eigenvalue weighted by molar-refractivity contribution is 8.00. The Labute approximate surface area is 206 Å². The quantitative estimate of drug-likeness (QED) is 0.514. The van der Waals surface area contributed by atoms with Gasteiger partial charge in [-0.2, -0.15) is 0 Å². The van der Waals surface area contributed by atoms with Gasteiger partial charge in [-0.3, -0.25) is 4.79 Å². The van der Waals surface area contributed by atoms with Crippen molar-refractivity contribution in [2.45, 2.75) is 107 Å². The molecule has 7 nitrogen and oxygen atoms in total. The average Bonchev–Trinajstić information content (AvgIpc) is 3.37. The van der Waals surface area contributed by atoms with Crippen LogP contribution in [0.2, 0.25) is 0 Å². The molecule has 1 heterocycles. The Morgan fingerprint density at radius 3 is 2.50 bits per heavy atom. The van der Waals surface area contributed by atoms with Gasteiger partial charge in [-0.05, 0) is 74.8 Å². The predicted molar refractivity (Wildman–Crippen MR) is 129 cm³/mol. The maximum atomic E-state index is 13.5. The van der Waals surface area contributed by atoms with E-state index in [0.717, 1.165) is 44.9 Å². The molecule has 0 aliphatic heterocycles. The van der Waals surface area contributed by atoms with Crippen molar-refractivity contribution in [2.24, 2.45) is 23.2 Å². The Morgan fingerprint density at radius 1 is 1.21 bits per heavy atom. The summed E-state index contributed by atoms with van der Waals surface area (Å²) in [5, 5.41) is 18.7. The number of Topliss-reactive ketones (excluding diaryl/α,β-unsaturated/α-hetero) is 1. The Hall–Kier alpha value is -1.54. The fraction of sp³-hybridized carbons (Fsp3) is 0.808. The second-order valence-electron chi connectivity index (χ2n) is 12.2. The highest BCUT2D eigenvalue weighted by Crippen LogP contribution is 2.55. The molecule has 6 rings (SSSR count). The average molecular weight is 491 g/mol. The molecule has 0 aromatic carbocycles. The zero-order valence-corrected chi connectivity index (χ0v) is 21.4. The number of aliphatic hydroxyl groups is 1. The molecule has 8 heteroatoms. The minimum atomic E-state index is -0.527. The fourth-order valence-electron chi connectivity index (χ4n) is 7.20. The lowest BCUT2D eigenvalue weighted by Gasteiger charge is -2.58. The molecule has 2 atom stereocenters. The van der Waals surface area contributed by atoms with Gasteiger partial charge in [-0.1, -0.05) is 26.7 Å². The van der Waals surface area contributed by atoms with Gasteiger partial charge in [0, 0.05) is 23.1 Å². The van der Waals surface area contributed by atoms with Crippen LogP contribution in [0.5, 0.6) is 5.88 Å². The number of carbonyl (C=O) groups is 2. The third kappa shape index (κ3) is 5.03. The van der Waals surface area contributed by atoms with Crippen LogP contribution < -0.4 is 10.1 Å². The van der Waals surface area contributed by atoms with Crippen LogP contribution in [-0.4, -0.2) is 45.5 Å². The van der Waals surface area contributed by atoms with Crippen molar-refractivity contribution in [1.29, 1.82) is 0 Å². The van der Waals surface area contributed by atoms with Crippen molar-refractivity contribution in [2.75, 3.05) is 6.61 Å². The van der Waals surface area contributed by atoms with E-state index in [1.807, 2.05) is 13.8 Å². The number of aromatic nitrogens is 1. The number of nitrogens with zero attached hydrogens (tertiary/aromatic N) is 1. The van der Waals surface area contributed by atoms with E-state index in [2.05, 4.69) is 10.5 Å². The van der Waals surface area contributed by atoms with Crippen LogP contribution in [0, 0.1) is 23.2 Å². The summed E-state index contributed by atoms with van der Waals surface area (Å²) in [6.07, 6.45) is 9.69. The zero-order valence-electron chi connectivity index (χ0n) is 20.6. The molecule has 0 spiro atoms. The standard InChI is InChI=1S/C26H38N2O5S/c1-15(29)10-25(2,3)14-32-24-22(34-19-6-4-5-7-19)21(33-28-24)23(30)27-20-17-8-16-9-18(20)13-26(31,11-16)12-17/h16-20,31H,4-14H2,1-3H3,(H,27,30)/t16?,17?,18?,20-,26-. The van der Waals surface area contributed by atoms with E-state index in [4.69, 9.17) is 9.26 Å². The Balaban J connectivity index is 1.32. The van der Waals surface area contributed by atoms with Gasteiger partial charge < -0.3 is 24.5 Å². The number of hydrogen-bond donors (Lipinski definition) is 2. The van der Waals surface area contributed by atoms with Gasteiger partial charge in [-0.25, -0.2) is 0 Å². The second-order valence-corrected chi connectivity index (χ2v) is 13.5. The number of amides is 1. The molecule has 0 radical (unpaired) electrons. The van der Waals surface area contributed by atoms with Gasteiger partial charge in [0.2, 0.25) is 5.76 Å². The van der Waals surface area contributed by atoms with Crippen LogP contribution in [0.4, 0.5) is 0 Å². The van der Waals surface area contributed by atoms with Crippen LogP contribution in [0.25, 0.3) is 0 Å². The van der Waals surface area contributed by atoms with Crippen LogP contribution in [0.15, 0.2) is 9.42 Å². The number of hydrogen-bond acceptors (Lipinski definition) is 7. The number of nitrogens with one attached hydrogen (secondary N) is 1. The lowest BCUT2D eigenvalue weighted by molar-refractivity contribution is -0.137. The minimum Gasteiger partial charge on any atom is -0.474 e. The van der Waals surface area contributed by atoms with Gasteiger partial charge >= 0.3 is 0 Å². The predicted octanol–water partition coefficient (Wildman–Crippen LogP) is 4.76. The summed E-state index contributed by atoms with van der Waals surface area (Å²) >= 11 is 1.65. The molecule has 34 heavy (non-hydrogen) atoms. The first kappa shape index (κ1) is 24.2. The largest absolute Gasteiger partial charge is 0.474 e. The molecule has 5 aliphatic carbocycles. The van der Waals surface area contributed by atoms with Crippen molar-refractivity contribution >= 4 is 23.5 Å². The van der Waals surface area contributed by atoms with Crippen LogP contribution in [0.3, 0.4) is 0 Å². The summed E-state index contributed by atoms with van der Waals surface area (Å²) in [5.74, 6) is 1.74. The number of thioether (sulfide) groups is 1. The number of ether oxygens (including phenoxy) is 1. The highest BCUT2D eigenvalue weighted by atomic mass is 32.2. The van der Waals surface area contributed by atoms with E-state index < -0.39 is 5.60 Å². The normalized spacial score (nSPS) is 32.8. The molecule has 5 saturated carbocycles. The first-order valence-electron chi connectivity index (χ1n) is 12.9. The molecular formula is C26H38N2O5S. The third-order valence-corrected chi connectivity index (χ3v) is 9.68. The van der Waals surface area contributed by atoms with Gasteiger partial charge in [0.1, 0.15) is 10.7 Å². The Kier molecular flexibility index (Phi) is 6.51. The zero-order chi connectivity index (χ0) is 24.1. The maximum absolute atomic E-state index is 13.5. The van der Waals surface area contributed by atoms with E-state index >= 15 is 0 Å². The summed E-state index contributed by atoms with van der Waals surface area (Å²) in [4.78, 5) is 25.7. The number of ketones is 1. The molecule has 0 saturated heterocycles. The second kappa shape index (κ2) is 9.16. The fourth-order valence-corrected chi connectivity index (χ4v) is 8.54. The van der Waals surface area contributed by atoms with Gasteiger partial charge in [-0.15, -0.1) is 11.8 Å². The van der Waals surface area contributed by atoms with Gasteiger partial charge in [0.05, 0.1) is 12.2 Å². The van der Waals surface area contributed by atoms with Crippen molar-refractivity contribution in [3.8, 4) is 5.88 Å². The van der Waals surface area contributed by atoms with E-state index in [1.54, 1.807) is 18.7 Å². The summed E-state index contributed by atoms with van der Waals surface area (Å²) in [7, 11) is 0. The van der Waals surface area contributed by atoms with Crippen molar-refractivity contribution < 1.29 is 24.0 Å². The minimum absolute atomic E-state index is 0.0811. The first-order chi connectivity index (χ1) is 16.1. The van der Waals surface area contributed by atoms with E-state index in [-0.39, 0.29) is 28.9 Å². The molecule has 1 aromatic rings. The molecule has 5 aliphatic rings. The molecule has 2 unspecified atom stereocenters. The first-order valence-corrected chi connectivity index (χ1v) is 13.8. The third-order valence-electron chi connectivity index (χ3n) is 8.28. The summed E-state index contributed by atoms with van der Waals surface area (Å²) in [6, 6.07) is 0.0811. The molecule has 2 N–H and O–H groups in total. The topological polar surface area (TPSA) is 102 Å². The number of carbonyl (C=O) groups excluding carboxylic acids is 2. The molecular weight excluding hydrogens is 452 g/mol. The van der Waals surface area contributed by atoms with Crippen molar-refractivity contribution in [3.63, 3.8) is 0 Å². The van der Waals surface area contributed by atoms with Crippen LogP contribution >= 0.6 is 11.8 Å². The van der Waals surface area contributed by atoms with E-state index in [1.165, 1.54) is 12.8 Å². The summed E-state index contributed by atoms with van der Waals surface area (Å²) in [6.45, 7) is 5.90. The van der Waals surface area contributed by atoms with E-state index in [0.29, 0.717) is 46.8 Å². The monoisotopic (exact) mass is 490 g/mol. The van der Waals surface area contributed by atoms with Gasteiger partial charge in [0.25, 0.3) is 11.8 Å². The lowest BCUT2D eigenvalue weighted by Crippen LogP contribution is -2.61. The molecule has 1 amide bonds. The van der Waals surface area contributed by atoms with Crippen LogP contribution in [-0.2, 0) is 4.79 Å². The Bertz CT molecular complexity index is 922. The molecule has 4 bridgehead atoms. The maximum Gasteiger partial charge on any atom is 0.291 e. The summed E-state index contributed by atoms with van der Waals surface area (Å²) < 4.78 is 11.7. The van der Waals surface area contributed by atoms with Crippen LogP contribution in [0.1, 0.15) is 95.5 Å². The van der Waals surface area contributed by atoms with Crippen molar-refractivity contribution in [1.82, 2.24) is 10.5 Å². The summed E-state index contributed by atoms with van der Waals surface area (Å²) in [5.41, 5.74) is -0.857. The lowest BCUT2D eigenvalue weighted by atomic mass is 9.52. The Morgan fingerprint density at radius 2 is 1.88 bits per heavy atom. The smallest absolute Gasteiger partial charge is 0.291 e. The molecule has 5 fully saturated rings. The molecule has 1 aromatic heterocycles. The number of rotatable bonds is 9.